The Morgan fingerprint density at radius 1 is 0.466 bits per heavy atom. The van der Waals surface area contributed by atoms with Gasteiger partial charge in [-0.25, -0.2) is 0 Å². The molecule has 2 atom stereocenters. The molecule has 6 heteroatoms. The Morgan fingerprint density at radius 3 is 1.17 bits per heavy atom. The summed E-state index contributed by atoms with van der Waals surface area (Å²) in [6.07, 6.45) is 33.8. The lowest BCUT2D eigenvalue weighted by molar-refractivity contribution is 0.383. The first-order valence-corrected chi connectivity index (χ1v) is 25.2. The zero-order valence-electron chi connectivity index (χ0n) is 36.5. The number of nitriles is 2. The van der Waals surface area contributed by atoms with Crippen molar-refractivity contribution in [3.63, 3.8) is 0 Å². The van der Waals surface area contributed by atoms with Gasteiger partial charge in [-0.1, -0.05) is 169 Å². The fourth-order valence-corrected chi connectivity index (χ4v) is 11.5. The van der Waals surface area contributed by atoms with E-state index >= 15 is 0 Å². The Bertz CT molecular complexity index is 1810. The predicted molar refractivity (Wildman–Crippen MR) is 250 cm³/mol. The minimum absolute atomic E-state index is 0.364. The lowest BCUT2D eigenvalue weighted by Crippen LogP contribution is -2.05. The largest absolute Gasteiger partial charge is 0.445 e. The fraction of sp³-hybridized carbons (Fsp3) is 0.615. The number of thiophene rings is 2. The molecule has 0 bridgehead atoms. The van der Waals surface area contributed by atoms with E-state index in [1.54, 1.807) is 12.1 Å². The Hall–Kier alpha value is -3.32. The smallest absolute Gasteiger partial charge is 0.204 e. The van der Waals surface area contributed by atoms with Crippen LogP contribution in [0.2, 0.25) is 0 Å². The lowest BCUT2D eigenvalue weighted by Gasteiger charge is -2.20. The number of nitrogens with zero attached hydrogens (tertiary/aromatic N) is 2. The lowest BCUT2D eigenvalue weighted by atomic mass is 9.86. The second-order valence-corrected chi connectivity index (χ2v) is 19.2. The van der Waals surface area contributed by atoms with Gasteiger partial charge in [-0.15, -0.1) is 22.7 Å². The molecule has 4 nitrogen and oxygen atoms in total. The Morgan fingerprint density at radius 2 is 0.810 bits per heavy atom. The summed E-state index contributed by atoms with van der Waals surface area (Å²) in [7, 11) is 0. The summed E-state index contributed by atoms with van der Waals surface area (Å²) in [6, 6.07) is 16.7. The van der Waals surface area contributed by atoms with E-state index in [4.69, 9.17) is 8.83 Å². The van der Waals surface area contributed by atoms with Gasteiger partial charge in [0, 0.05) is 9.40 Å². The first kappa shape index (κ1) is 45.8. The van der Waals surface area contributed by atoms with Crippen LogP contribution in [0.25, 0.3) is 41.4 Å². The van der Waals surface area contributed by atoms with Crippen molar-refractivity contribution in [3.05, 3.63) is 59.0 Å². The maximum Gasteiger partial charge on any atom is 0.204 e. The van der Waals surface area contributed by atoms with E-state index in [-0.39, 0.29) is 0 Å². The molecule has 2 unspecified atom stereocenters. The molecule has 0 fully saturated rings. The van der Waals surface area contributed by atoms with Crippen molar-refractivity contribution in [3.8, 4) is 33.4 Å². The Kier molecular flexibility index (Phi) is 20.0. The van der Waals surface area contributed by atoms with Crippen LogP contribution < -0.4 is 0 Å². The van der Waals surface area contributed by atoms with E-state index in [0.717, 1.165) is 46.0 Å². The van der Waals surface area contributed by atoms with Crippen molar-refractivity contribution in [1.82, 2.24) is 0 Å². The van der Waals surface area contributed by atoms with Gasteiger partial charge >= 0.3 is 0 Å². The molecule has 314 valence electrons. The zero-order valence-corrected chi connectivity index (χ0v) is 38.2. The van der Waals surface area contributed by atoms with Gasteiger partial charge in [0.25, 0.3) is 0 Å². The van der Waals surface area contributed by atoms with E-state index in [9.17, 15) is 10.5 Å². The summed E-state index contributed by atoms with van der Waals surface area (Å²) >= 11 is 3.71. The normalized spacial score (nSPS) is 12.7. The summed E-state index contributed by atoms with van der Waals surface area (Å²) < 4.78 is 14.9. The first-order valence-electron chi connectivity index (χ1n) is 23.5. The van der Waals surface area contributed by atoms with Crippen LogP contribution in [0.3, 0.4) is 0 Å². The third kappa shape index (κ3) is 13.3. The highest BCUT2D eigenvalue weighted by molar-refractivity contribution is 7.24. The fourth-order valence-electron chi connectivity index (χ4n) is 9.08. The van der Waals surface area contributed by atoms with Gasteiger partial charge in [0.1, 0.15) is 23.7 Å². The number of hydrogen-bond donors (Lipinski definition) is 0. The number of fused-ring (bicyclic) bond motifs is 2. The van der Waals surface area contributed by atoms with Gasteiger partial charge in [0.15, 0.2) is 0 Å². The molecule has 0 N–H and O–H groups in total. The SMILES string of the molecule is CCCCCCCCC(CCCCC)CCc1c2cc(-c3ccc(C#N)o3)sc2c(CCC(CCCCC)CCCCCCCC)c2cc(-c3ccc(C#N)o3)sc12. The number of furan rings is 2. The van der Waals surface area contributed by atoms with E-state index in [2.05, 4.69) is 52.0 Å². The summed E-state index contributed by atoms with van der Waals surface area (Å²) in [5, 5.41) is 22.0. The first-order chi connectivity index (χ1) is 28.5. The molecule has 0 saturated heterocycles. The molecular weight excluding hydrogens is 749 g/mol. The van der Waals surface area contributed by atoms with Crippen molar-refractivity contribution in [1.29, 1.82) is 10.5 Å². The van der Waals surface area contributed by atoms with Crippen LogP contribution in [-0.4, -0.2) is 0 Å². The van der Waals surface area contributed by atoms with Crippen molar-refractivity contribution >= 4 is 42.8 Å². The van der Waals surface area contributed by atoms with Crippen molar-refractivity contribution in [2.75, 3.05) is 0 Å². The van der Waals surface area contributed by atoms with Gasteiger partial charge in [-0.2, -0.15) is 10.5 Å². The Balaban J connectivity index is 1.54. The summed E-state index contributed by atoms with van der Waals surface area (Å²) in [6.45, 7) is 9.24. The zero-order chi connectivity index (χ0) is 41.0. The minimum atomic E-state index is 0.364. The van der Waals surface area contributed by atoms with Crippen LogP contribution >= 0.6 is 22.7 Å². The molecule has 0 aliphatic rings. The predicted octanol–water partition coefficient (Wildman–Crippen LogP) is 18.1. The van der Waals surface area contributed by atoms with Crippen molar-refractivity contribution in [2.45, 2.75) is 195 Å². The maximum absolute atomic E-state index is 9.63. The molecule has 0 saturated carbocycles. The van der Waals surface area contributed by atoms with E-state index in [1.807, 2.05) is 34.8 Å². The number of rotatable bonds is 30. The van der Waals surface area contributed by atoms with Gasteiger partial charge < -0.3 is 8.83 Å². The monoisotopic (exact) mass is 821 g/mol. The summed E-state index contributed by atoms with van der Waals surface area (Å²) in [4.78, 5) is 2.22. The maximum atomic E-state index is 9.63. The van der Waals surface area contributed by atoms with Gasteiger partial charge in [0.05, 0.1) is 9.75 Å². The van der Waals surface area contributed by atoms with E-state index in [1.165, 1.54) is 185 Å². The highest BCUT2D eigenvalue weighted by Crippen LogP contribution is 2.48. The summed E-state index contributed by atoms with van der Waals surface area (Å²) in [5.74, 6) is 3.78. The molecule has 0 aliphatic heterocycles. The molecule has 58 heavy (non-hydrogen) atoms. The van der Waals surface area contributed by atoms with Crippen molar-refractivity contribution in [2.24, 2.45) is 11.8 Å². The number of hydrogen-bond acceptors (Lipinski definition) is 6. The van der Waals surface area contributed by atoms with Crippen LogP contribution in [0.5, 0.6) is 0 Å². The second-order valence-electron chi connectivity index (χ2n) is 17.1. The summed E-state index contributed by atoms with van der Waals surface area (Å²) in [5.41, 5.74) is 2.92. The number of unbranched alkanes of at least 4 members (excludes halogenated alkanes) is 14. The highest BCUT2D eigenvalue weighted by atomic mass is 32.1. The minimum Gasteiger partial charge on any atom is -0.445 e. The van der Waals surface area contributed by atoms with Gasteiger partial charge in [0.2, 0.25) is 11.5 Å². The Labute approximate surface area is 359 Å². The topological polar surface area (TPSA) is 73.9 Å². The molecule has 5 rings (SSSR count). The molecule has 4 heterocycles. The molecule has 4 aromatic heterocycles. The third-order valence-corrected chi connectivity index (χ3v) is 15.0. The van der Waals surface area contributed by atoms with Crippen LogP contribution in [0.1, 0.15) is 204 Å². The molecule has 0 amide bonds. The van der Waals surface area contributed by atoms with Gasteiger partial charge in [-0.3, -0.25) is 0 Å². The van der Waals surface area contributed by atoms with Gasteiger partial charge in [-0.05, 0) is 95.8 Å². The second kappa shape index (κ2) is 25.3. The van der Waals surface area contributed by atoms with Crippen LogP contribution in [0.15, 0.2) is 45.2 Å². The average Bonchev–Trinajstić information content (AvgIpc) is 4.07. The van der Waals surface area contributed by atoms with Crippen molar-refractivity contribution < 1.29 is 8.83 Å². The molecule has 0 spiro atoms. The van der Waals surface area contributed by atoms with Crippen LogP contribution in [0.4, 0.5) is 0 Å². The molecule has 0 aliphatic carbocycles. The molecule has 1 aromatic carbocycles. The number of benzene rings is 1. The standard InChI is InChI=1S/C52H72N2O2S2/c1-5-9-13-15-17-21-25-39(23-19-11-7-3)27-31-43-45-35-49(47-33-29-41(37-53)55-47)58-52(45)44(46-36-50(57-51(43)46)48-34-30-42(38-54)56-48)32-28-40(24-20-12-8-4)26-22-18-16-14-10-6-2/h29-30,33-36,39-40H,5-28,31-32H2,1-4H3. The van der Waals surface area contributed by atoms with E-state index in [0.29, 0.717) is 11.5 Å². The molecule has 5 aromatic rings. The quantitative estimate of drug-likeness (QED) is 0.0433. The average molecular weight is 821 g/mol. The highest BCUT2D eigenvalue weighted by Gasteiger charge is 2.24. The van der Waals surface area contributed by atoms with E-state index < -0.39 is 0 Å². The molecule has 0 radical (unpaired) electrons. The van der Waals surface area contributed by atoms with Crippen LogP contribution in [0, 0.1) is 34.5 Å². The van der Waals surface area contributed by atoms with Crippen LogP contribution in [-0.2, 0) is 12.8 Å². The molecular formula is C52H72N2O2S2. The number of aryl methyl sites for hydroxylation is 2. The third-order valence-electron chi connectivity index (χ3n) is 12.5.